The Bertz CT molecular complexity index is 1200. The van der Waals surface area contributed by atoms with E-state index in [0.717, 1.165) is 0 Å². The van der Waals surface area contributed by atoms with Gasteiger partial charge in [-0.15, -0.1) is 0 Å². The molecule has 0 aromatic rings. The molecule has 8 N–H and O–H groups in total. The molecule has 0 unspecified atom stereocenters. The molecule has 0 aromatic heterocycles. The molecule has 0 spiro atoms. The zero-order chi connectivity index (χ0) is 34.7. The fraction of sp³-hybridized carbons (Fsp3) is 0.606. The highest BCUT2D eigenvalue weighted by Crippen LogP contribution is 2.29. The zero-order valence-electron chi connectivity index (χ0n) is 26.4. The van der Waals surface area contributed by atoms with Gasteiger partial charge in [0, 0.05) is 38.2 Å². The molecule has 0 amide bonds. The molecule has 0 saturated carbocycles. The lowest BCUT2D eigenvalue weighted by Gasteiger charge is -2.41. The smallest absolute Gasteiger partial charge is 0.330 e. The predicted molar refractivity (Wildman–Crippen MR) is 166 cm³/mol. The Kier molecular flexibility index (Phi) is 15.1. The fourth-order valence-corrected chi connectivity index (χ4v) is 5.33. The van der Waals surface area contributed by atoms with E-state index in [2.05, 4.69) is 0 Å². The van der Waals surface area contributed by atoms with Crippen molar-refractivity contribution >= 4 is 17.7 Å². The molecule has 0 aliphatic carbocycles. The normalized spacial score (nSPS) is 43.4. The van der Waals surface area contributed by atoms with Crippen LogP contribution in [0.5, 0.6) is 0 Å². The first kappa shape index (κ1) is 38.4. The molecular formula is C33H47NO13. The Morgan fingerprint density at radius 3 is 2.26 bits per heavy atom. The van der Waals surface area contributed by atoms with Gasteiger partial charge in [0.05, 0.1) is 48.8 Å². The third-order valence-corrected chi connectivity index (χ3v) is 8.05. The van der Waals surface area contributed by atoms with Crippen molar-refractivity contribution < 1.29 is 64.0 Å². The number of allylic oxidation sites excluding steroid dienone is 6. The number of aliphatic hydroxyl groups excluding tert-OH is 5. The Morgan fingerprint density at radius 1 is 0.872 bits per heavy atom. The first-order valence-corrected chi connectivity index (χ1v) is 15.7. The van der Waals surface area contributed by atoms with Gasteiger partial charge in [0.1, 0.15) is 30.0 Å². The molecule has 47 heavy (non-hydrogen) atoms. The van der Waals surface area contributed by atoms with Crippen LogP contribution < -0.4 is 5.73 Å². The van der Waals surface area contributed by atoms with Gasteiger partial charge in [0.15, 0.2) is 6.29 Å². The van der Waals surface area contributed by atoms with Gasteiger partial charge in [-0.25, -0.2) is 4.79 Å². The molecule has 0 radical (unpaired) electrons. The quantitative estimate of drug-likeness (QED) is 0.155. The van der Waals surface area contributed by atoms with Gasteiger partial charge in [-0.1, -0.05) is 48.6 Å². The molecule has 3 aliphatic rings. The number of hydrogen-bond donors (Lipinski definition) is 7. The second-order valence-corrected chi connectivity index (χ2v) is 12.1. The van der Waals surface area contributed by atoms with E-state index in [1.165, 1.54) is 25.2 Å². The summed E-state index contributed by atoms with van der Waals surface area (Å²) in [4.78, 5) is 36.9. The Labute approximate surface area is 273 Å². The summed E-state index contributed by atoms with van der Waals surface area (Å²) in [5.74, 6) is -4.54. The molecule has 13 atom stereocenters. The summed E-state index contributed by atoms with van der Waals surface area (Å²) in [6.07, 6.45) is 3.57. The Balaban J connectivity index is 1.79. The molecule has 14 nitrogen and oxygen atoms in total. The number of ketones is 1. The molecular weight excluding hydrogens is 618 g/mol. The van der Waals surface area contributed by atoms with Gasteiger partial charge in [0.2, 0.25) is 0 Å². The average Bonchev–Trinajstić information content (AvgIpc) is 3.72. The number of cyclic esters (lactones) is 1. The number of fused-ring (bicyclic) bond motifs is 1. The summed E-state index contributed by atoms with van der Waals surface area (Å²) in [7, 11) is 0. The summed E-state index contributed by atoms with van der Waals surface area (Å²) >= 11 is 0. The van der Waals surface area contributed by atoms with Crippen LogP contribution in [0, 0.1) is 5.92 Å². The van der Waals surface area contributed by atoms with Crippen LogP contribution in [0.1, 0.15) is 46.0 Å². The maximum absolute atomic E-state index is 12.6. The van der Waals surface area contributed by atoms with Gasteiger partial charge in [-0.05, 0) is 19.9 Å². The van der Waals surface area contributed by atoms with E-state index in [1.54, 1.807) is 43.4 Å². The van der Waals surface area contributed by atoms with Crippen LogP contribution in [0.4, 0.5) is 0 Å². The first-order valence-electron chi connectivity index (χ1n) is 15.7. The van der Waals surface area contributed by atoms with Crippen LogP contribution in [0.3, 0.4) is 0 Å². The minimum Gasteiger partial charge on any atom is -0.481 e. The van der Waals surface area contributed by atoms with Gasteiger partial charge >= 0.3 is 11.9 Å². The van der Waals surface area contributed by atoms with E-state index in [1.807, 2.05) is 6.08 Å². The van der Waals surface area contributed by atoms with E-state index in [9.17, 15) is 45.0 Å². The second kappa shape index (κ2) is 18.5. The lowest BCUT2D eigenvalue weighted by molar-refractivity contribution is -0.277. The van der Waals surface area contributed by atoms with Crippen molar-refractivity contribution in [2.24, 2.45) is 11.7 Å². The van der Waals surface area contributed by atoms with Crippen LogP contribution in [0.2, 0.25) is 0 Å². The average molecular weight is 666 g/mol. The highest BCUT2D eigenvalue weighted by atomic mass is 16.7. The van der Waals surface area contributed by atoms with Crippen molar-refractivity contribution in [3.63, 3.8) is 0 Å². The molecule has 2 saturated heterocycles. The van der Waals surface area contributed by atoms with E-state index < -0.39 is 97.3 Å². The van der Waals surface area contributed by atoms with E-state index >= 15 is 0 Å². The fourth-order valence-electron chi connectivity index (χ4n) is 5.33. The van der Waals surface area contributed by atoms with Gasteiger partial charge in [0.25, 0.3) is 0 Å². The van der Waals surface area contributed by atoms with E-state index in [-0.39, 0.29) is 25.4 Å². The summed E-state index contributed by atoms with van der Waals surface area (Å²) in [5, 5.41) is 62.6. The highest BCUT2D eigenvalue weighted by Gasteiger charge is 2.43. The van der Waals surface area contributed by atoms with Crippen molar-refractivity contribution in [1.29, 1.82) is 0 Å². The molecule has 3 heterocycles. The largest absolute Gasteiger partial charge is 0.481 e. The van der Waals surface area contributed by atoms with Crippen molar-refractivity contribution in [3.05, 3.63) is 60.8 Å². The SMILES string of the molecule is C[C@H]1C/C=C/C=C/C=C/C=C/[C@@H](O[C@@H]2O[C@H](C)[C@@H](O)[C@H](N)[C@@H]2O)C[C@H](O)[C@@H](C(=O)O)[C@H](O)CC(=O)C[C@H](O)C[C@H]2O[C@H]2/C=C/C(=O)O1. The number of nitrogens with two attached hydrogens (primary N) is 1. The number of carboxylic acid groups (broad SMARTS) is 1. The monoisotopic (exact) mass is 665 g/mol. The number of carboxylic acids is 1. The van der Waals surface area contributed by atoms with Gasteiger partial charge in [-0.2, -0.15) is 0 Å². The van der Waals surface area contributed by atoms with Crippen LogP contribution in [0.25, 0.3) is 0 Å². The molecule has 3 rings (SSSR count). The van der Waals surface area contributed by atoms with Crippen LogP contribution in [0.15, 0.2) is 60.8 Å². The van der Waals surface area contributed by atoms with E-state index in [0.29, 0.717) is 6.42 Å². The number of esters is 1. The Morgan fingerprint density at radius 2 is 1.55 bits per heavy atom. The second-order valence-electron chi connectivity index (χ2n) is 12.1. The number of aliphatic carboxylic acids is 1. The third kappa shape index (κ3) is 12.5. The van der Waals surface area contributed by atoms with Crippen molar-refractivity contribution in [2.75, 3.05) is 0 Å². The van der Waals surface area contributed by atoms with Crippen molar-refractivity contribution in [3.8, 4) is 0 Å². The lowest BCUT2D eigenvalue weighted by atomic mass is 9.88. The van der Waals surface area contributed by atoms with E-state index in [4.69, 9.17) is 24.7 Å². The molecule has 262 valence electrons. The van der Waals surface area contributed by atoms with Crippen molar-refractivity contribution in [2.45, 2.75) is 119 Å². The topological polar surface area (TPSA) is 239 Å². The number of carbonyl (C=O) groups excluding carboxylic acids is 2. The van der Waals surface area contributed by atoms with Crippen LogP contribution in [-0.2, 0) is 33.3 Å². The zero-order valence-corrected chi connectivity index (χ0v) is 26.4. The number of rotatable bonds is 3. The van der Waals surface area contributed by atoms with Crippen LogP contribution in [-0.4, -0.2) is 122 Å². The number of aliphatic hydroxyl groups is 5. The summed E-state index contributed by atoms with van der Waals surface area (Å²) in [6.45, 7) is 3.29. The molecule has 0 bridgehead atoms. The van der Waals surface area contributed by atoms with Crippen molar-refractivity contribution in [1.82, 2.24) is 0 Å². The molecule has 14 heteroatoms. The lowest BCUT2D eigenvalue weighted by Crippen LogP contribution is -2.61. The van der Waals surface area contributed by atoms with Gasteiger partial charge < -0.3 is 55.3 Å². The number of hydrogen-bond acceptors (Lipinski definition) is 13. The van der Waals surface area contributed by atoms with Gasteiger partial charge in [-0.3, -0.25) is 9.59 Å². The highest BCUT2D eigenvalue weighted by molar-refractivity contribution is 5.82. The number of epoxide rings is 1. The third-order valence-electron chi connectivity index (χ3n) is 8.05. The molecule has 3 aliphatic heterocycles. The summed E-state index contributed by atoms with van der Waals surface area (Å²) in [6, 6.07) is -1.10. The van der Waals surface area contributed by atoms with Crippen LogP contribution >= 0.6 is 0 Å². The number of Topliss-reactive ketones (excluding diaryl/α,β-unsaturated/α-hetero) is 1. The molecule has 2 fully saturated rings. The predicted octanol–water partition coefficient (Wildman–Crippen LogP) is -0.0377. The standard InChI is InChI=1S/C33H47NO13/c1-18-10-8-6-4-3-5-7-9-11-22(46-33-31(41)29(34)30(40)19(2)45-33)17-24(38)28(32(42)43)23(37)15-20(35)14-21(36)16-26-25(47-26)12-13-27(39)44-18/h3-9,11-13,18-19,21-26,28-31,33,36-38,40-41H,10,14-17,34H2,1-2H3,(H,42,43)/b4-3+,7-5+,8-6+,11-9+,13-12+/t18-,19+,21-,22+,23+,24-,25-,26+,28-,29-,30+,31-,33-/m0/s1. The minimum absolute atomic E-state index is 0.0692. The summed E-state index contributed by atoms with van der Waals surface area (Å²) in [5.41, 5.74) is 5.91. The molecule has 0 aromatic carbocycles. The Hall–Kier alpha value is -3.05. The first-order chi connectivity index (χ1) is 22.3. The maximum Gasteiger partial charge on any atom is 0.330 e. The summed E-state index contributed by atoms with van der Waals surface area (Å²) < 4.78 is 22.2. The number of ether oxygens (including phenoxy) is 4. The number of carbonyl (C=O) groups is 3. The minimum atomic E-state index is -1.80. The maximum atomic E-state index is 12.6.